The Balaban J connectivity index is 4.95. The van der Waals surface area contributed by atoms with Gasteiger partial charge in [0, 0.05) is 18.1 Å². The van der Waals surface area contributed by atoms with Crippen LogP contribution >= 0.6 is 7.59 Å². The largest absolute Gasteiger partial charge is 0.279 e. The lowest BCUT2D eigenvalue weighted by atomic mass is 10.2. The summed E-state index contributed by atoms with van der Waals surface area (Å²) in [5, 5.41) is 3.10. The van der Waals surface area contributed by atoms with Gasteiger partial charge in [-0.25, -0.2) is 9.76 Å². The molecule has 0 aliphatic heterocycles. The van der Waals surface area contributed by atoms with Gasteiger partial charge in [0.25, 0.3) is 7.59 Å². The average molecular weight is 263 g/mol. The molecule has 0 bridgehead atoms. The van der Waals surface area contributed by atoms with Gasteiger partial charge in [0.15, 0.2) is 0 Å². The molecular weight excluding hydrogens is 233 g/mol. The third kappa shape index (κ3) is 5.09. The normalized spacial score (nSPS) is 20.9. The molecule has 17 heavy (non-hydrogen) atoms. The van der Waals surface area contributed by atoms with E-state index in [0.717, 1.165) is 19.3 Å². The molecule has 3 N–H and O–H groups in total. The van der Waals surface area contributed by atoms with Gasteiger partial charge in [0.1, 0.15) is 0 Å². The summed E-state index contributed by atoms with van der Waals surface area (Å²) in [6.07, 6.45) is 2.83. The quantitative estimate of drug-likeness (QED) is 0.659. The van der Waals surface area contributed by atoms with Gasteiger partial charge in [-0.1, -0.05) is 20.8 Å². The number of nitrogens with zero attached hydrogens (tertiary/aromatic N) is 1. The molecule has 0 saturated heterocycles. The van der Waals surface area contributed by atoms with Gasteiger partial charge < -0.3 is 0 Å². The van der Waals surface area contributed by atoms with E-state index in [1.54, 1.807) is 0 Å². The van der Waals surface area contributed by atoms with Crippen molar-refractivity contribution < 1.29 is 4.57 Å². The fourth-order valence-electron chi connectivity index (χ4n) is 1.87. The van der Waals surface area contributed by atoms with Crippen LogP contribution in [0.4, 0.5) is 0 Å². The van der Waals surface area contributed by atoms with Crippen molar-refractivity contribution in [3.05, 3.63) is 0 Å². The van der Waals surface area contributed by atoms with Crippen LogP contribution in [0.5, 0.6) is 0 Å². The Kier molecular flexibility index (Phi) is 7.57. The van der Waals surface area contributed by atoms with Crippen molar-refractivity contribution in [3.63, 3.8) is 0 Å². The molecular formula is C12H30N3OP. The first-order valence-electron chi connectivity index (χ1n) is 6.75. The summed E-state index contributed by atoms with van der Waals surface area (Å²) < 4.78 is 14.6. The van der Waals surface area contributed by atoms with Crippen LogP contribution in [0.2, 0.25) is 0 Å². The maximum Gasteiger partial charge on any atom is 0.279 e. The molecule has 0 aromatic carbocycles. The van der Waals surface area contributed by atoms with Crippen LogP contribution in [0.3, 0.4) is 0 Å². The van der Waals surface area contributed by atoms with Crippen molar-refractivity contribution in [2.24, 2.45) is 5.50 Å². The van der Waals surface area contributed by atoms with Crippen LogP contribution in [0.25, 0.3) is 0 Å². The van der Waals surface area contributed by atoms with E-state index in [2.05, 4.69) is 39.7 Å². The number of rotatable bonds is 8. The van der Waals surface area contributed by atoms with Gasteiger partial charge in [-0.15, -0.1) is 0 Å². The van der Waals surface area contributed by atoms with Crippen molar-refractivity contribution >= 4 is 7.59 Å². The van der Waals surface area contributed by atoms with E-state index >= 15 is 0 Å². The molecule has 4 nitrogen and oxygen atoms in total. The summed E-state index contributed by atoms with van der Waals surface area (Å²) in [5.74, 6) is 0. The predicted octanol–water partition coefficient (Wildman–Crippen LogP) is 3.34. The van der Waals surface area contributed by atoms with E-state index in [1.165, 1.54) is 0 Å². The zero-order valence-electron chi connectivity index (χ0n) is 12.2. The van der Waals surface area contributed by atoms with Crippen LogP contribution in [-0.2, 0) is 4.57 Å². The fraction of sp³-hybridized carbons (Fsp3) is 1.00. The average Bonchev–Trinajstić information content (AvgIpc) is 2.27. The third-order valence-corrected chi connectivity index (χ3v) is 5.73. The first kappa shape index (κ1) is 17.1. The molecule has 0 spiro atoms. The molecule has 0 radical (unpaired) electrons. The second kappa shape index (κ2) is 7.52. The summed E-state index contributed by atoms with van der Waals surface area (Å²) in [6.45, 7) is 12.5. The highest BCUT2D eigenvalue weighted by Crippen LogP contribution is 2.42. The Morgan fingerprint density at radius 3 is 1.76 bits per heavy atom. The van der Waals surface area contributed by atoms with E-state index in [-0.39, 0.29) is 18.1 Å². The van der Waals surface area contributed by atoms with E-state index in [0.29, 0.717) is 0 Å². The van der Waals surface area contributed by atoms with Crippen LogP contribution < -0.4 is 10.6 Å². The zero-order chi connectivity index (χ0) is 13.6. The Bertz CT molecular complexity index is 250. The molecule has 0 aromatic rings. The molecule has 4 unspecified atom stereocenters. The van der Waals surface area contributed by atoms with Crippen molar-refractivity contribution in [2.45, 2.75) is 78.9 Å². The zero-order valence-corrected chi connectivity index (χ0v) is 13.1. The van der Waals surface area contributed by atoms with Crippen molar-refractivity contribution in [1.29, 1.82) is 0 Å². The topological polar surface area (TPSA) is 58.4 Å². The van der Waals surface area contributed by atoms with Gasteiger partial charge in [-0.05, 0) is 40.0 Å². The lowest BCUT2D eigenvalue weighted by Crippen LogP contribution is -2.45. The third-order valence-electron chi connectivity index (χ3n) is 3.45. The molecule has 5 heteroatoms. The Labute approximate surface area is 107 Å². The van der Waals surface area contributed by atoms with Gasteiger partial charge in [0.05, 0.1) is 0 Å². The standard InChI is InChI=1S/C12H30N3OP/c1-7-10(4)14-17(13,16)15(11(5)8-2)12(6)9-3/h10-12H,7-9H2,1-6H3,(H3,13,14,16). The second-order valence-corrected chi connectivity index (χ2v) is 6.92. The molecule has 0 aliphatic carbocycles. The van der Waals surface area contributed by atoms with Crippen LogP contribution in [0, 0.1) is 0 Å². The number of nitrogens with one attached hydrogen (secondary N) is 1. The summed E-state index contributed by atoms with van der Waals surface area (Å²) in [4.78, 5) is 0. The highest BCUT2D eigenvalue weighted by molar-refractivity contribution is 7.57. The first-order valence-corrected chi connectivity index (χ1v) is 8.48. The first-order chi connectivity index (χ1) is 7.80. The lowest BCUT2D eigenvalue weighted by molar-refractivity contribution is 0.253. The number of hydrogen-bond acceptors (Lipinski definition) is 1. The van der Waals surface area contributed by atoms with E-state index in [4.69, 9.17) is 5.50 Å². The lowest BCUT2D eigenvalue weighted by Gasteiger charge is -2.38. The molecule has 0 amide bonds. The van der Waals surface area contributed by atoms with E-state index in [1.807, 2.05) is 11.6 Å². The molecule has 104 valence electrons. The van der Waals surface area contributed by atoms with Crippen LogP contribution in [0.1, 0.15) is 60.8 Å². The van der Waals surface area contributed by atoms with Gasteiger partial charge in [-0.2, -0.15) is 0 Å². The van der Waals surface area contributed by atoms with Gasteiger partial charge in [-0.3, -0.25) is 10.1 Å². The minimum Gasteiger partial charge on any atom is -0.271 e. The maximum atomic E-state index is 12.7. The molecule has 0 rings (SSSR count). The fourth-order valence-corrected chi connectivity index (χ4v) is 4.31. The Morgan fingerprint density at radius 1 is 1.06 bits per heavy atom. The minimum absolute atomic E-state index is 0.182. The predicted molar refractivity (Wildman–Crippen MR) is 76.0 cm³/mol. The molecule has 0 aromatic heterocycles. The SMILES string of the molecule is CCC(C)NP(N)(=O)N(C(C)CC)C(C)CC. The molecule has 0 aliphatic rings. The van der Waals surface area contributed by atoms with Gasteiger partial charge in [0.2, 0.25) is 0 Å². The molecule has 0 fully saturated rings. The van der Waals surface area contributed by atoms with Crippen LogP contribution in [-0.4, -0.2) is 22.8 Å². The Hall–Kier alpha value is 0.110. The molecule has 4 atom stereocenters. The van der Waals surface area contributed by atoms with E-state index < -0.39 is 7.59 Å². The number of nitrogens with two attached hydrogens (primary N) is 1. The van der Waals surface area contributed by atoms with Gasteiger partial charge >= 0.3 is 0 Å². The van der Waals surface area contributed by atoms with Crippen LogP contribution in [0.15, 0.2) is 0 Å². The summed E-state index contributed by atoms with van der Waals surface area (Å²) in [6, 6.07) is 0.649. The van der Waals surface area contributed by atoms with Crippen molar-refractivity contribution in [3.8, 4) is 0 Å². The highest BCUT2D eigenvalue weighted by atomic mass is 31.2. The van der Waals surface area contributed by atoms with Crippen molar-refractivity contribution in [2.75, 3.05) is 0 Å². The molecule has 0 saturated carbocycles. The molecule has 0 heterocycles. The smallest absolute Gasteiger partial charge is 0.271 e. The monoisotopic (exact) mass is 263 g/mol. The minimum atomic E-state index is -2.94. The van der Waals surface area contributed by atoms with Crippen molar-refractivity contribution in [1.82, 2.24) is 9.76 Å². The summed E-state index contributed by atoms with van der Waals surface area (Å²) in [7, 11) is -2.94. The number of hydrogen-bond donors (Lipinski definition) is 2. The second-order valence-electron chi connectivity index (χ2n) is 4.96. The maximum absolute atomic E-state index is 12.7. The summed E-state index contributed by atoms with van der Waals surface area (Å²) in [5.41, 5.74) is 6.06. The Morgan fingerprint density at radius 2 is 1.47 bits per heavy atom. The highest BCUT2D eigenvalue weighted by Gasteiger charge is 2.33. The van der Waals surface area contributed by atoms with E-state index in [9.17, 15) is 4.57 Å². The summed E-state index contributed by atoms with van der Waals surface area (Å²) >= 11 is 0.